The van der Waals surface area contributed by atoms with Gasteiger partial charge in [0.05, 0.1) is 11.8 Å². The SMILES string of the molecule is OCCCn1cc(CNCC2CCCC(O)C2)nn1. The molecule has 1 aliphatic carbocycles. The molecule has 1 saturated carbocycles. The molecular weight excluding hydrogens is 244 g/mol. The molecule has 0 aliphatic heterocycles. The zero-order valence-electron chi connectivity index (χ0n) is 11.3. The van der Waals surface area contributed by atoms with Crippen LogP contribution in [0.4, 0.5) is 0 Å². The number of aliphatic hydroxyl groups is 2. The van der Waals surface area contributed by atoms with Gasteiger partial charge in [0.25, 0.3) is 0 Å². The molecule has 3 N–H and O–H groups in total. The quantitative estimate of drug-likeness (QED) is 0.662. The second-order valence-electron chi connectivity index (χ2n) is 5.37. The van der Waals surface area contributed by atoms with Crippen LogP contribution in [-0.2, 0) is 13.1 Å². The topological polar surface area (TPSA) is 83.2 Å². The third kappa shape index (κ3) is 4.89. The van der Waals surface area contributed by atoms with Crippen molar-refractivity contribution in [3.8, 4) is 0 Å². The summed E-state index contributed by atoms with van der Waals surface area (Å²) in [5.41, 5.74) is 0.925. The molecule has 6 nitrogen and oxygen atoms in total. The van der Waals surface area contributed by atoms with Crippen molar-refractivity contribution in [2.24, 2.45) is 5.92 Å². The normalized spacial score (nSPS) is 23.7. The van der Waals surface area contributed by atoms with Crippen LogP contribution >= 0.6 is 0 Å². The van der Waals surface area contributed by atoms with Crippen LogP contribution in [0.25, 0.3) is 0 Å². The van der Waals surface area contributed by atoms with E-state index in [2.05, 4.69) is 15.6 Å². The largest absolute Gasteiger partial charge is 0.396 e. The van der Waals surface area contributed by atoms with Gasteiger partial charge in [0.15, 0.2) is 0 Å². The van der Waals surface area contributed by atoms with Gasteiger partial charge in [-0.05, 0) is 38.1 Å². The number of hydrogen-bond donors (Lipinski definition) is 3. The number of nitrogens with one attached hydrogen (secondary N) is 1. The van der Waals surface area contributed by atoms with Crippen LogP contribution in [0.3, 0.4) is 0 Å². The van der Waals surface area contributed by atoms with Gasteiger partial charge >= 0.3 is 0 Å². The number of hydrogen-bond acceptors (Lipinski definition) is 5. The van der Waals surface area contributed by atoms with E-state index in [4.69, 9.17) is 5.11 Å². The Bertz CT molecular complexity index is 369. The minimum absolute atomic E-state index is 0.111. The molecule has 0 amide bonds. The molecule has 0 radical (unpaired) electrons. The summed E-state index contributed by atoms with van der Waals surface area (Å²) in [6, 6.07) is 0. The highest BCUT2D eigenvalue weighted by molar-refractivity contribution is 4.91. The van der Waals surface area contributed by atoms with Crippen LogP contribution in [0.1, 0.15) is 37.8 Å². The number of aromatic nitrogens is 3. The first-order valence-electron chi connectivity index (χ1n) is 7.16. The van der Waals surface area contributed by atoms with Gasteiger partial charge in [-0.25, -0.2) is 0 Å². The number of aryl methyl sites for hydroxylation is 1. The highest BCUT2D eigenvalue weighted by Crippen LogP contribution is 2.23. The van der Waals surface area contributed by atoms with E-state index in [1.54, 1.807) is 4.68 Å². The first kappa shape index (κ1) is 14.4. The molecule has 1 aromatic rings. The second-order valence-corrected chi connectivity index (χ2v) is 5.37. The van der Waals surface area contributed by atoms with Gasteiger partial charge in [-0.3, -0.25) is 4.68 Å². The van der Waals surface area contributed by atoms with Crippen LogP contribution in [0, 0.1) is 5.92 Å². The first-order chi connectivity index (χ1) is 9.28. The van der Waals surface area contributed by atoms with Gasteiger partial charge in [-0.15, -0.1) is 5.10 Å². The Balaban J connectivity index is 1.66. The zero-order valence-corrected chi connectivity index (χ0v) is 11.3. The van der Waals surface area contributed by atoms with Crippen LogP contribution in [0.2, 0.25) is 0 Å². The van der Waals surface area contributed by atoms with Crippen molar-refractivity contribution in [2.45, 2.75) is 51.3 Å². The van der Waals surface area contributed by atoms with E-state index < -0.39 is 0 Å². The van der Waals surface area contributed by atoms with E-state index in [0.29, 0.717) is 25.4 Å². The van der Waals surface area contributed by atoms with Gasteiger partial charge in [0.2, 0.25) is 0 Å². The summed E-state index contributed by atoms with van der Waals surface area (Å²) in [5.74, 6) is 0.577. The Morgan fingerprint density at radius 1 is 1.42 bits per heavy atom. The molecule has 0 saturated heterocycles. The van der Waals surface area contributed by atoms with Crippen molar-refractivity contribution in [1.29, 1.82) is 0 Å². The lowest BCUT2D eigenvalue weighted by atomic mass is 9.87. The molecule has 19 heavy (non-hydrogen) atoms. The molecule has 0 spiro atoms. The number of nitrogens with zero attached hydrogens (tertiary/aromatic N) is 3. The molecule has 0 aromatic carbocycles. The highest BCUT2D eigenvalue weighted by atomic mass is 16.3. The molecule has 2 atom stereocenters. The molecule has 1 heterocycles. The van der Waals surface area contributed by atoms with Gasteiger partial charge in [0, 0.05) is 25.9 Å². The zero-order chi connectivity index (χ0) is 13.5. The summed E-state index contributed by atoms with van der Waals surface area (Å²) in [6.45, 7) is 2.53. The molecule has 0 bridgehead atoms. The van der Waals surface area contributed by atoms with Crippen molar-refractivity contribution in [3.63, 3.8) is 0 Å². The number of rotatable bonds is 7. The Morgan fingerprint density at radius 3 is 3.11 bits per heavy atom. The van der Waals surface area contributed by atoms with E-state index in [9.17, 15) is 5.11 Å². The molecule has 108 valence electrons. The van der Waals surface area contributed by atoms with E-state index in [1.807, 2.05) is 6.20 Å². The molecule has 1 aromatic heterocycles. The lowest BCUT2D eigenvalue weighted by Gasteiger charge is -2.25. The lowest BCUT2D eigenvalue weighted by molar-refractivity contribution is 0.101. The number of aliphatic hydroxyl groups excluding tert-OH is 2. The first-order valence-corrected chi connectivity index (χ1v) is 7.16. The third-order valence-electron chi connectivity index (χ3n) is 3.63. The summed E-state index contributed by atoms with van der Waals surface area (Å²) >= 11 is 0. The predicted molar refractivity (Wildman–Crippen MR) is 71.4 cm³/mol. The Kier molecular flexibility index (Phi) is 5.75. The summed E-state index contributed by atoms with van der Waals surface area (Å²) in [7, 11) is 0. The third-order valence-corrected chi connectivity index (χ3v) is 3.63. The average Bonchev–Trinajstić information content (AvgIpc) is 2.84. The molecular formula is C13H24N4O2. The van der Waals surface area contributed by atoms with Crippen LogP contribution in [0.15, 0.2) is 6.20 Å². The van der Waals surface area contributed by atoms with E-state index >= 15 is 0 Å². The van der Waals surface area contributed by atoms with Gasteiger partial charge < -0.3 is 15.5 Å². The van der Waals surface area contributed by atoms with E-state index in [0.717, 1.165) is 31.5 Å². The molecule has 1 fully saturated rings. The minimum atomic E-state index is -0.111. The fourth-order valence-electron chi connectivity index (χ4n) is 2.61. The lowest BCUT2D eigenvalue weighted by Crippen LogP contribution is -2.29. The van der Waals surface area contributed by atoms with Crippen molar-refractivity contribution in [2.75, 3.05) is 13.2 Å². The summed E-state index contributed by atoms with van der Waals surface area (Å²) in [5, 5.41) is 29.8. The van der Waals surface area contributed by atoms with E-state index in [1.165, 1.54) is 6.42 Å². The highest BCUT2D eigenvalue weighted by Gasteiger charge is 2.19. The Morgan fingerprint density at radius 2 is 2.32 bits per heavy atom. The van der Waals surface area contributed by atoms with Crippen LogP contribution in [-0.4, -0.2) is 44.5 Å². The molecule has 1 aliphatic rings. The average molecular weight is 268 g/mol. The maximum Gasteiger partial charge on any atom is 0.0964 e. The monoisotopic (exact) mass is 268 g/mol. The smallest absolute Gasteiger partial charge is 0.0964 e. The fraction of sp³-hybridized carbons (Fsp3) is 0.846. The Hall–Kier alpha value is -0.980. The van der Waals surface area contributed by atoms with Crippen molar-refractivity contribution < 1.29 is 10.2 Å². The fourth-order valence-corrected chi connectivity index (χ4v) is 2.61. The molecule has 6 heteroatoms. The summed E-state index contributed by atoms with van der Waals surface area (Å²) in [4.78, 5) is 0. The standard InChI is InChI=1S/C13H24N4O2/c18-6-2-5-17-10-12(15-16-17)9-14-8-11-3-1-4-13(19)7-11/h10-11,13-14,18-19H,1-9H2. The van der Waals surface area contributed by atoms with Crippen LogP contribution in [0.5, 0.6) is 0 Å². The van der Waals surface area contributed by atoms with Crippen molar-refractivity contribution in [3.05, 3.63) is 11.9 Å². The van der Waals surface area contributed by atoms with Crippen molar-refractivity contribution >= 4 is 0 Å². The van der Waals surface area contributed by atoms with Crippen LogP contribution < -0.4 is 5.32 Å². The molecule has 2 unspecified atom stereocenters. The predicted octanol–water partition coefficient (Wildman–Crippen LogP) is 0.301. The second kappa shape index (κ2) is 7.57. The minimum Gasteiger partial charge on any atom is -0.396 e. The van der Waals surface area contributed by atoms with E-state index in [-0.39, 0.29) is 12.7 Å². The Labute approximate surface area is 113 Å². The van der Waals surface area contributed by atoms with Gasteiger partial charge in [0.1, 0.15) is 0 Å². The maximum atomic E-state index is 9.61. The maximum absolute atomic E-state index is 9.61. The molecule has 2 rings (SSSR count). The van der Waals surface area contributed by atoms with Gasteiger partial charge in [-0.2, -0.15) is 0 Å². The summed E-state index contributed by atoms with van der Waals surface area (Å²) < 4.78 is 1.76. The van der Waals surface area contributed by atoms with Crippen molar-refractivity contribution in [1.82, 2.24) is 20.3 Å². The van der Waals surface area contributed by atoms with Gasteiger partial charge in [-0.1, -0.05) is 11.6 Å². The summed E-state index contributed by atoms with van der Waals surface area (Å²) in [6.07, 6.45) is 6.71.